The smallest absolute Gasteiger partial charge is 0.229 e. The molecule has 1 aromatic carbocycles. The molecule has 0 amide bonds. The number of aromatic nitrogens is 3. The van der Waals surface area contributed by atoms with Gasteiger partial charge in [-0.25, -0.2) is 19.9 Å². The molecule has 0 atom stereocenters. The highest BCUT2D eigenvalue weighted by atomic mass is 19.1. The van der Waals surface area contributed by atoms with Crippen LogP contribution >= 0.6 is 0 Å². The molecule has 1 aliphatic rings. The first-order valence-electron chi connectivity index (χ1n) is 10.7. The predicted molar refractivity (Wildman–Crippen MR) is 126 cm³/mol. The first kappa shape index (κ1) is 23.0. The molecule has 4 N–H and O–H groups in total. The number of nitrogens with two attached hydrogens (primary N) is 1. The lowest BCUT2D eigenvalue weighted by molar-refractivity contribution is 0.397. The van der Waals surface area contributed by atoms with E-state index in [4.69, 9.17) is 26.2 Å². The van der Waals surface area contributed by atoms with Gasteiger partial charge in [0, 0.05) is 43.5 Å². The minimum atomic E-state index is -0.653. The first-order valence-corrected chi connectivity index (χ1v) is 10.7. The second-order valence-electron chi connectivity index (χ2n) is 7.84. The van der Waals surface area contributed by atoms with Crippen LogP contribution in [0, 0.1) is 22.7 Å². The maximum atomic E-state index is 14.6. The predicted octanol–water partition coefficient (Wildman–Crippen LogP) is 3.86. The Morgan fingerprint density at radius 1 is 1.26 bits per heavy atom. The number of methoxy groups -OCH3 is 1. The molecule has 0 aliphatic carbocycles. The van der Waals surface area contributed by atoms with Crippen molar-refractivity contribution in [3.8, 4) is 34.3 Å². The number of nitrogens with one attached hydrogen (secondary N) is 2. The maximum absolute atomic E-state index is 14.6. The minimum absolute atomic E-state index is 0.0631. The first-order chi connectivity index (χ1) is 16.5. The third kappa shape index (κ3) is 4.35. The summed E-state index contributed by atoms with van der Waals surface area (Å²) in [5, 5.41) is 15.6. The number of ether oxygens (including phenoxy) is 1. The number of rotatable bonds is 6. The van der Waals surface area contributed by atoms with Crippen LogP contribution in [0.3, 0.4) is 0 Å². The molecular weight excluding hydrogens is 437 g/mol. The number of hydrogen-bond donors (Lipinski definition) is 3. The summed E-state index contributed by atoms with van der Waals surface area (Å²) in [6.45, 7) is 1.37. The summed E-state index contributed by atoms with van der Waals surface area (Å²) in [5.41, 5.74) is 15.7. The van der Waals surface area contributed by atoms with Crippen LogP contribution in [0.4, 0.5) is 21.8 Å². The molecule has 1 aliphatic heterocycles. The van der Waals surface area contributed by atoms with E-state index in [2.05, 4.69) is 20.4 Å². The summed E-state index contributed by atoms with van der Waals surface area (Å²) in [7, 11) is 3.18. The molecule has 2 aromatic heterocycles. The van der Waals surface area contributed by atoms with Crippen LogP contribution < -0.4 is 20.7 Å². The van der Waals surface area contributed by atoms with Crippen LogP contribution in [0.15, 0.2) is 35.6 Å². The van der Waals surface area contributed by atoms with Crippen LogP contribution in [-0.4, -0.2) is 48.2 Å². The SMILES string of the molecule is CNc1ncc(-c2c(OC)nc(N3CCC(N)CC3)nc2-c2ccc(C#N)c(F)c2)cc1N=N. The standard InChI is InChI=1S/C23H24FN9O/c1-28-21-18(32-27)10-15(12-29-21)19-20(13-3-4-14(11-25)17(24)9-13)30-23(31-22(19)34-2)33-7-5-16(26)6-8-33/h3-4,9-10,12,16,27H,5-8,26H2,1-2H3,(H,28,29). The van der Waals surface area contributed by atoms with Crippen molar-refractivity contribution in [2.45, 2.75) is 18.9 Å². The van der Waals surface area contributed by atoms with E-state index in [9.17, 15) is 4.39 Å². The Labute approximate surface area is 196 Å². The van der Waals surface area contributed by atoms with Crippen LogP contribution in [0.5, 0.6) is 5.88 Å². The third-order valence-electron chi connectivity index (χ3n) is 5.76. The third-order valence-corrected chi connectivity index (χ3v) is 5.76. The highest BCUT2D eigenvalue weighted by molar-refractivity contribution is 5.86. The lowest BCUT2D eigenvalue weighted by atomic mass is 9.99. The molecule has 1 saturated heterocycles. The molecule has 10 nitrogen and oxygen atoms in total. The van der Waals surface area contributed by atoms with Crippen molar-refractivity contribution < 1.29 is 9.13 Å². The van der Waals surface area contributed by atoms with Crippen LogP contribution in [0.1, 0.15) is 18.4 Å². The van der Waals surface area contributed by atoms with Gasteiger partial charge in [-0.3, -0.25) is 0 Å². The Kier molecular flexibility index (Phi) is 6.60. The second-order valence-corrected chi connectivity index (χ2v) is 7.84. The van der Waals surface area contributed by atoms with Gasteiger partial charge in [-0.2, -0.15) is 15.4 Å². The molecule has 34 heavy (non-hydrogen) atoms. The van der Waals surface area contributed by atoms with Crippen molar-refractivity contribution in [3.63, 3.8) is 0 Å². The van der Waals surface area contributed by atoms with E-state index in [1.54, 1.807) is 25.4 Å². The molecule has 4 rings (SSSR count). The highest BCUT2D eigenvalue weighted by Gasteiger charge is 2.25. The van der Waals surface area contributed by atoms with E-state index in [1.807, 2.05) is 11.0 Å². The molecule has 0 radical (unpaired) electrons. The molecular formula is C23H24FN9O. The van der Waals surface area contributed by atoms with Gasteiger partial charge in [0.1, 0.15) is 17.6 Å². The molecule has 11 heteroatoms. The number of hydrogen-bond acceptors (Lipinski definition) is 10. The van der Waals surface area contributed by atoms with Gasteiger partial charge in [0.05, 0.1) is 23.9 Å². The Morgan fingerprint density at radius 3 is 2.65 bits per heavy atom. The molecule has 174 valence electrons. The largest absolute Gasteiger partial charge is 0.480 e. The van der Waals surface area contributed by atoms with Crippen molar-refractivity contribution in [1.82, 2.24) is 15.0 Å². The van der Waals surface area contributed by atoms with E-state index >= 15 is 0 Å². The van der Waals surface area contributed by atoms with Crippen molar-refractivity contribution in [3.05, 3.63) is 41.8 Å². The van der Waals surface area contributed by atoms with Gasteiger partial charge in [0.25, 0.3) is 0 Å². The molecule has 0 saturated carbocycles. The van der Waals surface area contributed by atoms with Crippen LogP contribution in [0.25, 0.3) is 22.4 Å². The summed E-state index contributed by atoms with van der Waals surface area (Å²) in [6, 6.07) is 7.94. The fourth-order valence-electron chi connectivity index (χ4n) is 3.91. The van der Waals surface area contributed by atoms with E-state index < -0.39 is 5.82 Å². The van der Waals surface area contributed by atoms with Gasteiger partial charge in [-0.15, -0.1) is 0 Å². The Balaban J connectivity index is 1.95. The van der Waals surface area contributed by atoms with Crippen molar-refractivity contribution in [1.29, 1.82) is 10.8 Å². The quantitative estimate of drug-likeness (QED) is 0.469. The Hall–Kier alpha value is -4.17. The molecule has 0 unspecified atom stereocenters. The van der Waals surface area contributed by atoms with Gasteiger partial charge in [0.15, 0.2) is 5.82 Å². The fraction of sp³-hybridized carbons (Fsp3) is 0.304. The van der Waals surface area contributed by atoms with Gasteiger partial charge in [0.2, 0.25) is 11.8 Å². The monoisotopic (exact) mass is 461 g/mol. The number of piperidine rings is 1. The number of benzene rings is 1. The zero-order chi connectivity index (χ0) is 24.2. The maximum Gasteiger partial charge on any atom is 0.229 e. The van der Waals surface area contributed by atoms with E-state index in [0.717, 1.165) is 12.8 Å². The summed E-state index contributed by atoms with van der Waals surface area (Å²) in [4.78, 5) is 15.8. The summed E-state index contributed by atoms with van der Waals surface area (Å²) < 4.78 is 20.2. The zero-order valence-corrected chi connectivity index (χ0v) is 18.8. The number of pyridine rings is 1. The van der Waals surface area contributed by atoms with Gasteiger partial charge in [-0.1, -0.05) is 6.07 Å². The molecule has 3 heterocycles. The van der Waals surface area contributed by atoms with Crippen molar-refractivity contribution in [2.24, 2.45) is 10.8 Å². The normalized spacial score (nSPS) is 13.9. The summed E-state index contributed by atoms with van der Waals surface area (Å²) in [6.07, 6.45) is 3.20. The van der Waals surface area contributed by atoms with Crippen molar-refractivity contribution >= 4 is 17.5 Å². The van der Waals surface area contributed by atoms with Gasteiger partial charge < -0.3 is 20.7 Å². The van der Waals surface area contributed by atoms with E-state index in [-0.39, 0.29) is 17.5 Å². The van der Waals surface area contributed by atoms with Gasteiger partial charge in [-0.05, 0) is 31.0 Å². The number of nitrogens with zero attached hydrogens (tertiary/aromatic N) is 6. The van der Waals surface area contributed by atoms with Crippen LogP contribution in [0.2, 0.25) is 0 Å². The van der Waals surface area contributed by atoms with Crippen LogP contribution in [-0.2, 0) is 0 Å². The Morgan fingerprint density at radius 2 is 2.03 bits per heavy atom. The fourth-order valence-corrected chi connectivity index (χ4v) is 3.91. The minimum Gasteiger partial charge on any atom is -0.480 e. The lowest BCUT2D eigenvalue weighted by Crippen LogP contribution is -2.40. The molecule has 0 bridgehead atoms. The van der Waals surface area contributed by atoms with E-state index in [0.29, 0.717) is 52.9 Å². The summed E-state index contributed by atoms with van der Waals surface area (Å²) in [5.74, 6) is 0.498. The van der Waals surface area contributed by atoms with Crippen molar-refractivity contribution in [2.75, 3.05) is 37.5 Å². The summed E-state index contributed by atoms with van der Waals surface area (Å²) >= 11 is 0. The lowest BCUT2D eigenvalue weighted by Gasteiger charge is -2.31. The number of anilines is 2. The second kappa shape index (κ2) is 9.76. The zero-order valence-electron chi connectivity index (χ0n) is 18.8. The average molecular weight is 462 g/mol. The van der Waals surface area contributed by atoms with E-state index in [1.165, 1.54) is 19.2 Å². The molecule has 3 aromatic rings. The molecule has 0 spiro atoms. The number of halogens is 1. The average Bonchev–Trinajstić information content (AvgIpc) is 2.87. The topological polar surface area (TPSA) is 149 Å². The highest BCUT2D eigenvalue weighted by Crippen LogP contribution is 2.41. The number of nitriles is 1. The Bertz CT molecular complexity index is 1270. The van der Waals surface area contributed by atoms with Gasteiger partial charge >= 0.3 is 0 Å². The molecule has 1 fully saturated rings.